The van der Waals surface area contributed by atoms with Gasteiger partial charge in [0, 0.05) is 36.2 Å². The van der Waals surface area contributed by atoms with Crippen LogP contribution in [0, 0.1) is 10.1 Å². The Balaban J connectivity index is 1.64. The molecule has 7 heteroatoms. The molecule has 0 saturated heterocycles. The highest BCUT2D eigenvalue weighted by Crippen LogP contribution is 2.35. The van der Waals surface area contributed by atoms with Crippen molar-refractivity contribution < 1.29 is 19.2 Å². The van der Waals surface area contributed by atoms with Gasteiger partial charge in [-0.1, -0.05) is 12.1 Å². The normalized spacial score (nSPS) is 15.0. The lowest BCUT2D eigenvalue weighted by atomic mass is 10.1. The lowest BCUT2D eigenvalue weighted by molar-refractivity contribution is -0.384. The Kier molecular flexibility index (Phi) is 5.59. The van der Waals surface area contributed by atoms with E-state index in [1.54, 1.807) is 12.1 Å². The summed E-state index contributed by atoms with van der Waals surface area (Å²) >= 11 is 0. The number of nitro groups is 1. The third-order valence-electron chi connectivity index (χ3n) is 4.37. The van der Waals surface area contributed by atoms with Crippen molar-refractivity contribution in [2.75, 3.05) is 6.61 Å². The van der Waals surface area contributed by atoms with Crippen LogP contribution in [0.25, 0.3) is 0 Å². The summed E-state index contributed by atoms with van der Waals surface area (Å²) in [6.07, 6.45) is 1.14. The predicted octanol–water partition coefficient (Wildman–Crippen LogP) is 3.18. The second kappa shape index (κ2) is 8.07. The van der Waals surface area contributed by atoms with Gasteiger partial charge in [-0.25, -0.2) is 0 Å². The summed E-state index contributed by atoms with van der Waals surface area (Å²) in [7, 11) is 0. The van der Waals surface area contributed by atoms with E-state index in [2.05, 4.69) is 5.32 Å². The van der Waals surface area contributed by atoms with Crippen molar-refractivity contribution in [1.82, 2.24) is 5.32 Å². The minimum atomic E-state index is -0.462. The Hall–Kier alpha value is -3.09. The number of amides is 1. The van der Waals surface area contributed by atoms with Crippen molar-refractivity contribution in [2.24, 2.45) is 0 Å². The highest BCUT2D eigenvalue weighted by molar-refractivity contribution is 5.78. The summed E-state index contributed by atoms with van der Waals surface area (Å²) in [6, 6.07) is 9.89. The third-order valence-corrected chi connectivity index (χ3v) is 4.37. The number of benzene rings is 2. The minimum Gasteiger partial charge on any atom is -0.494 e. The van der Waals surface area contributed by atoms with Gasteiger partial charge in [-0.15, -0.1) is 0 Å². The fourth-order valence-corrected chi connectivity index (χ4v) is 3.09. The van der Waals surface area contributed by atoms with Crippen molar-refractivity contribution in [1.29, 1.82) is 0 Å². The summed E-state index contributed by atoms with van der Waals surface area (Å²) in [5, 5.41) is 13.6. The van der Waals surface area contributed by atoms with E-state index in [1.165, 1.54) is 12.1 Å². The Morgan fingerprint density at radius 3 is 2.74 bits per heavy atom. The number of nitro benzene ring substituents is 1. The van der Waals surface area contributed by atoms with Crippen LogP contribution in [-0.4, -0.2) is 23.5 Å². The third kappa shape index (κ3) is 4.55. The standard InChI is InChI=1S/C20H22N2O5/c1-3-26-18-10-15-8-13(2)27-19(15)11-16(18)12-21-20(23)9-14-4-6-17(7-5-14)22(24)25/h4-7,10-11,13H,3,8-9,12H2,1-2H3,(H,21,23)/t13-/m1/s1. The molecule has 142 valence electrons. The molecule has 0 radical (unpaired) electrons. The summed E-state index contributed by atoms with van der Waals surface area (Å²) in [5.41, 5.74) is 2.70. The Labute approximate surface area is 157 Å². The number of ether oxygens (including phenoxy) is 2. The molecule has 0 spiro atoms. The zero-order chi connectivity index (χ0) is 19.4. The number of non-ortho nitro benzene ring substituents is 1. The van der Waals surface area contributed by atoms with E-state index >= 15 is 0 Å². The van der Waals surface area contributed by atoms with Crippen LogP contribution in [0.1, 0.15) is 30.5 Å². The predicted molar refractivity (Wildman–Crippen MR) is 100 cm³/mol. The van der Waals surface area contributed by atoms with Crippen LogP contribution in [0.5, 0.6) is 11.5 Å². The monoisotopic (exact) mass is 370 g/mol. The Morgan fingerprint density at radius 2 is 2.07 bits per heavy atom. The summed E-state index contributed by atoms with van der Waals surface area (Å²) in [4.78, 5) is 22.5. The number of carbonyl (C=O) groups is 1. The van der Waals surface area contributed by atoms with E-state index in [0.29, 0.717) is 18.7 Å². The molecular weight excluding hydrogens is 348 g/mol. The van der Waals surface area contributed by atoms with Crippen molar-refractivity contribution in [3.05, 3.63) is 63.2 Å². The number of carbonyl (C=O) groups excluding carboxylic acids is 1. The number of fused-ring (bicyclic) bond motifs is 1. The van der Waals surface area contributed by atoms with Crippen molar-refractivity contribution in [3.63, 3.8) is 0 Å². The number of nitrogens with one attached hydrogen (secondary N) is 1. The quantitative estimate of drug-likeness (QED) is 0.597. The van der Waals surface area contributed by atoms with Crippen LogP contribution in [-0.2, 0) is 24.2 Å². The molecule has 1 amide bonds. The molecule has 27 heavy (non-hydrogen) atoms. The molecule has 0 saturated carbocycles. The summed E-state index contributed by atoms with van der Waals surface area (Å²) in [6.45, 7) is 4.81. The van der Waals surface area contributed by atoms with Crippen LogP contribution in [0.4, 0.5) is 5.69 Å². The molecule has 1 aliphatic heterocycles. The lowest BCUT2D eigenvalue weighted by Gasteiger charge is -2.13. The molecule has 0 aliphatic carbocycles. The molecule has 1 N–H and O–H groups in total. The molecule has 0 unspecified atom stereocenters. The second-order valence-electron chi connectivity index (χ2n) is 6.51. The number of hydrogen-bond donors (Lipinski definition) is 1. The first-order chi connectivity index (χ1) is 13.0. The van der Waals surface area contributed by atoms with Gasteiger partial charge in [0.15, 0.2) is 0 Å². The molecule has 0 fully saturated rings. The maximum Gasteiger partial charge on any atom is 0.269 e. The highest BCUT2D eigenvalue weighted by Gasteiger charge is 2.22. The number of nitrogens with zero attached hydrogens (tertiary/aromatic N) is 1. The van der Waals surface area contributed by atoms with Gasteiger partial charge < -0.3 is 14.8 Å². The zero-order valence-corrected chi connectivity index (χ0v) is 15.4. The highest BCUT2D eigenvalue weighted by atomic mass is 16.6. The topological polar surface area (TPSA) is 90.7 Å². The lowest BCUT2D eigenvalue weighted by Crippen LogP contribution is -2.24. The maximum absolute atomic E-state index is 12.2. The van der Waals surface area contributed by atoms with Gasteiger partial charge in [-0.05, 0) is 31.5 Å². The molecule has 0 aromatic heterocycles. The van der Waals surface area contributed by atoms with Crippen molar-refractivity contribution >= 4 is 11.6 Å². The average Bonchev–Trinajstić information content (AvgIpc) is 2.99. The SMILES string of the molecule is CCOc1cc2c(cc1CNC(=O)Cc1ccc([N+](=O)[O-])cc1)O[C@H](C)C2. The van der Waals surface area contributed by atoms with E-state index in [0.717, 1.165) is 29.0 Å². The molecule has 1 heterocycles. The average molecular weight is 370 g/mol. The van der Waals surface area contributed by atoms with Crippen molar-refractivity contribution in [2.45, 2.75) is 39.3 Å². The first-order valence-corrected chi connectivity index (χ1v) is 8.91. The summed E-state index contributed by atoms with van der Waals surface area (Å²) in [5.74, 6) is 1.43. The molecule has 1 atom stereocenters. The van der Waals surface area contributed by atoms with Gasteiger partial charge in [0.1, 0.15) is 17.6 Å². The smallest absolute Gasteiger partial charge is 0.269 e. The molecule has 2 aromatic rings. The summed E-state index contributed by atoms with van der Waals surface area (Å²) < 4.78 is 11.5. The second-order valence-corrected chi connectivity index (χ2v) is 6.51. The number of rotatable bonds is 7. The molecule has 0 bridgehead atoms. The van der Waals surface area contributed by atoms with E-state index in [9.17, 15) is 14.9 Å². The number of hydrogen-bond acceptors (Lipinski definition) is 5. The van der Waals surface area contributed by atoms with Crippen molar-refractivity contribution in [3.8, 4) is 11.5 Å². The van der Waals surface area contributed by atoms with Crippen LogP contribution in [0.3, 0.4) is 0 Å². The fraction of sp³-hybridized carbons (Fsp3) is 0.350. The van der Waals surface area contributed by atoms with Gasteiger partial charge in [0.2, 0.25) is 5.91 Å². The molecule has 1 aliphatic rings. The van der Waals surface area contributed by atoms with E-state index in [4.69, 9.17) is 9.47 Å². The van der Waals surface area contributed by atoms with Crippen LogP contribution < -0.4 is 14.8 Å². The minimum absolute atomic E-state index is 0.00730. The van der Waals surface area contributed by atoms with Gasteiger partial charge in [-0.2, -0.15) is 0 Å². The van der Waals surface area contributed by atoms with Crippen LogP contribution >= 0.6 is 0 Å². The zero-order valence-electron chi connectivity index (χ0n) is 15.4. The Morgan fingerprint density at radius 1 is 1.33 bits per heavy atom. The molecule has 7 nitrogen and oxygen atoms in total. The first-order valence-electron chi connectivity index (χ1n) is 8.91. The Bertz CT molecular complexity index is 848. The van der Waals surface area contributed by atoms with E-state index in [-0.39, 0.29) is 24.1 Å². The van der Waals surface area contributed by atoms with Crippen LogP contribution in [0.15, 0.2) is 36.4 Å². The van der Waals surface area contributed by atoms with Crippen LogP contribution in [0.2, 0.25) is 0 Å². The van der Waals surface area contributed by atoms with Gasteiger partial charge in [0.05, 0.1) is 18.0 Å². The first kappa shape index (κ1) is 18.7. The van der Waals surface area contributed by atoms with Gasteiger partial charge in [0.25, 0.3) is 5.69 Å². The fourth-order valence-electron chi connectivity index (χ4n) is 3.09. The molecule has 2 aromatic carbocycles. The van der Waals surface area contributed by atoms with E-state index < -0.39 is 4.92 Å². The van der Waals surface area contributed by atoms with E-state index in [1.807, 2.05) is 26.0 Å². The van der Waals surface area contributed by atoms with Gasteiger partial charge >= 0.3 is 0 Å². The largest absolute Gasteiger partial charge is 0.494 e. The maximum atomic E-state index is 12.2. The molecule has 3 rings (SSSR count). The molecular formula is C20H22N2O5. The van der Waals surface area contributed by atoms with Gasteiger partial charge in [-0.3, -0.25) is 14.9 Å².